The van der Waals surface area contributed by atoms with E-state index in [0.29, 0.717) is 12.0 Å². The van der Waals surface area contributed by atoms with Crippen LogP contribution in [-0.2, 0) is 13.0 Å². The molecule has 1 heterocycles. The Labute approximate surface area is 117 Å². The van der Waals surface area contributed by atoms with E-state index in [1.54, 1.807) is 6.33 Å². The quantitative estimate of drug-likeness (QED) is 0.745. The third kappa shape index (κ3) is 4.94. The van der Waals surface area contributed by atoms with E-state index in [0.717, 1.165) is 31.3 Å². The predicted molar refractivity (Wildman–Crippen MR) is 78.0 cm³/mol. The van der Waals surface area contributed by atoms with Crippen LogP contribution in [0.3, 0.4) is 0 Å². The first-order chi connectivity index (χ1) is 9.19. The van der Waals surface area contributed by atoms with Gasteiger partial charge < -0.3 is 5.32 Å². The molecular formula is C15H28N4. The van der Waals surface area contributed by atoms with Gasteiger partial charge in [0.25, 0.3) is 0 Å². The summed E-state index contributed by atoms with van der Waals surface area (Å²) in [4.78, 5) is 4.46. The minimum Gasteiger partial charge on any atom is -0.314 e. The number of nitrogens with zero attached hydrogens (tertiary/aromatic N) is 3. The molecular weight excluding hydrogens is 236 g/mol. The smallest absolute Gasteiger partial charge is 0.138 e. The fraction of sp³-hybridized carbons (Fsp3) is 0.867. The highest BCUT2D eigenvalue weighted by molar-refractivity contribution is 4.92. The maximum absolute atomic E-state index is 4.46. The number of nitrogens with one attached hydrogen (secondary N) is 1. The van der Waals surface area contributed by atoms with E-state index in [9.17, 15) is 0 Å². The molecule has 19 heavy (non-hydrogen) atoms. The van der Waals surface area contributed by atoms with Gasteiger partial charge in [-0.15, -0.1) is 0 Å². The highest BCUT2D eigenvalue weighted by Crippen LogP contribution is 2.34. The van der Waals surface area contributed by atoms with Gasteiger partial charge in [-0.2, -0.15) is 5.10 Å². The summed E-state index contributed by atoms with van der Waals surface area (Å²) in [5.41, 5.74) is 0. The van der Waals surface area contributed by atoms with Gasteiger partial charge in [-0.3, -0.25) is 0 Å². The largest absolute Gasteiger partial charge is 0.314 e. The highest BCUT2D eigenvalue weighted by Gasteiger charge is 2.26. The predicted octanol–water partition coefficient (Wildman–Crippen LogP) is 2.64. The molecule has 4 nitrogen and oxygen atoms in total. The Morgan fingerprint density at radius 3 is 2.84 bits per heavy atom. The van der Waals surface area contributed by atoms with Crippen LogP contribution in [0.15, 0.2) is 6.33 Å². The summed E-state index contributed by atoms with van der Waals surface area (Å²) < 4.78 is 2.08. The van der Waals surface area contributed by atoms with Crippen molar-refractivity contribution in [1.82, 2.24) is 20.1 Å². The molecule has 0 spiro atoms. The Kier molecular flexibility index (Phi) is 5.37. The van der Waals surface area contributed by atoms with Gasteiger partial charge in [0.2, 0.25) is 0 Å². The molecule has 0 aromatic carbocycles. The van der Waals surface area contributed by atoms with Crippen molar-refractivity contribution in [2.45, 2.75) is 65.5 Å². The molecule has 0 aliphatic heterocycles. The summed E-state index contributed by atoms with van der Waals surface area (Å²) in [6.07, 6.45) is 8.05. The van der Waals surface area contributed by atoms with Crippen LogP contribution in [0.2, 0.25) is 0 Å². The van der Waals surface area contributed by atoms with Gasteiger partial charge in [-0.1, -0.05) is 33.6 Å². The highest BCUT2D eigenvalue weighted by atomic mass is 15.3. The van der Waals surface area contributed by atoms with E-state index in [-0.39, 0.29) is 0 Å². The third-order valence-corrected chi connectivity index (χ3v) is 3.66. The molecule has 1 unspecified atom stereocenters. The Bertz CT molecular complexity index is 368. The van der Waals surface area contributed by atoms with E-state index in [4.69, 9.17) is 0 Å². The molecule has 1 atom stereocenters. The Morgan fingerprint density at radius 1 is 1.42 bits per heavy atom. The fourth-order valence-corrected chi connectivity index (χ4v) is 2.51. The number of aromatic nitrogens is 3. The maximum Gasteiger partial charge on any atom is 0.138 e. The Hall–Kier alpha value is -0.900. The van der Waals surface area contributed by atoms with Gasteiger partial charge in [0.1, 0.15) is 12.2 Å². The molecule has 1 fully saturated rings. The molecule has 0 saturated heterocycles. The van der Waals surface area contributed by atoms with E-state index in [1.165, 1.54) is 25.7 Å². The number of hydrogen-bond acceptors (Lipinski definition) is 3. The van der Waals surface area contributed by atoms with Crippen molar-refractivity contribution in [1.29, 1.82) is 0 Å². The van der Waals surface area contributed by atoms with Crippen LogP contribution in [0, 0.1) is 11.8 Å². The average Bonchev–Trinajstić information content (AvgIpc) is 3.07. The first-order valence-electron chi connectivity index (χ1n) is 7.79. The van der Waals surface area contributed by atoms with Gasteiger partial charge in [0.15, 0.2) is 0 Å². The van der Waals surface area contributed by atoms with Gasteiger partial charge >= 0.3 is 0 Å². The van der Waals surface area contributed by atoms with E-state index in [2.05, 4.69) is 40.9 Å². The van der Waals surface area contributed by atoms with Gasteiger partial charge in [-0.05, 0) is 31.2 Å². The van der Waals surface area contributed by atoms with Crippen molar-refractivity contribution in [2.75, 3.05) is 6.54 Å². The van der Waals surface area contributed by atoms with Crippen molar-refractivity contribution in [3.8, 4) is 0 Å². The van der Waals surface area contributed by atoms with Crippen LogP contribution in [0.5, 0.6) is 0 Å². The second-order valence-corrected chi connectivity index (χ2v) is 6.29. The first kappa shape index (κ1) is 14.5. The van der Waals surface area contributed by atoms with Gasteiger partial charge in [0, 0.05) is 19.0 Å². The van der Waals surface area contributed by atoms with Crippen LogP contribution in [0.1, 0.15) is 52.3 Å². The summed E-state index contributed by atoms with van der Waals surface area (Å²) in [7, 11) is 0. The summed E-state index contributed by atoms with van der Waals surface area (Å²) in [5, 5.41) is 8.04. The number of hydrogen-bond donors (Lipinski definition) is 1. The normalized spacial score (nSPS) is 17.1. The summed E-state index contributed by atoms with van der Waals surface area (Å²) in [6, 6.07) is 0.572. The lowest BCUT2D eigenvalue weighted by atomic mass is 10.1. The Balaban J connectivity index is 1.92. The SMILES string of the molecule is CCCNC(Cc1ncnn1CC(C)C)CC1CC1. The molecule has 1 aliphatic rings. The zero-order chi connectivity index (χ0) is 13.7. The molecule has 0 amide bonds. The zero-order valence-corrected chi connectivity index (χ0v) is 12.6. The molecule has 0 radical (unpaired) electrons. The Morgan fingerprint density at radius 2 is 2.21 bits per heavy atom. The van der Waals surface area contributed by atoms with Gasteiger partial charge in [-0.25, -0.2) is 9.67 Å². The monoisotopic (exact) mass is 264 g/mol. The molecule has 1 N–H and O–H groups in total. The minimum atomic E-state index is 0.572. The van der Waals surface area contributed by atoms with Crippen molar-refractivity contribution in [2.24, 2.45) is 11.8 Å². The lowest BCUT2D eigenvalue weighted by Crippen LogP contribution is -2.33. The summed E-state index contributed by atoms with van der Waals surface area (Å²) in [6.45, 7) is 8.75. The molecule has 1 aliphatic carbocycles. The zero-order valence-electron chi connectivity index (χ0n) is 12.6. The topological polar surface area (TPSA) is 42.7 Å². The van der Waals surface area contributed by atoms with Crippen LogP contribution >= 0.6 is 0 Å². The molecule has 1 saturated carbocycles. The molecule has 0 bridgehead atoms. The first-order valence-corrected chi connectivity index (χ1v) is 7.79. The molecule has 1 aromatic rings. The number of rotatable bonds is 9. The standard InChI is InChI=1S/C15H28N4/c1-4-7-16-14(8-13-5-6-13)9-15-17-11-18-19(15)10-12(2)3/h11-14,16H,4-10H2,1-3H3. The van der Waals surface area contributed by atoms with Crippen LogP contribution in [-0.4, -0.2) is 27.4 Å². The lowest BCUT2D eigenvalue weighted by Gasteiger charge is -2.18. The van der Waals surface area contributed by atoms with Crippen molar-refractivity contribution < 1.29 is 0 Å². The fourth-order valence-electron chi connectivity index (χ4n) is 2.51. The van der Waals surface area contributed by atoms with Crippen molar-refractivity contribution >= 4 is 0 Å². The van der Waals surface area contributed by atoms with Crippen LogP contribution in [0.4, 0.5) is 0 Å². The molecule has 1 aromatic heterocycles. The summed E-state index contributed by atoms with van der Waals surface area (Å²) >= 11 is 0. The third-order valence-electron chi connectivity index (χ3n) is 3.66. The minimum absolute atomic E-state index is 0.572. The second kappa shape index (κ2) is 7.04. The van der Waals surface area contributed by atoms with Crippen molar-refractivity contribution in [3.63, 3.8) is 0 Å². The van der Waals surface area contributed by atoms with Crippen LogP contribution < -0.4 is 5.32 Å². The second-order valence-electron chi connectivity index (χ2n) is 6.29. The molecule has 4 heteroatoms. The molecule has 108 valence electrons. The lowest BCUT2D eigenvalue weighted by molar-refractivity contribution is 0.417. The van der Waals surface area contributed by atoms with E-state index < -0.39 is 0 Å². The van der Waals surface area contributed by atoms with E-state index in [1.807, 2.05) is 0 Å². The van der Waals surface area contributed by atoms with Gasteiger partial charge in [0.05, 0.1) is 0 Å². The van der Waals surface area contributed by atoms with Crippen LogP contribution in [0.25, 0.3) is 0 Å². The van der Waals surface area contributed by atoms with E-state index >= 15 is 0 Å². The van der Waals surface area contributed by atoms with Crippen molar-refractivity contribution in [3.05, 3.63) is 12.2 Å². The molecule has 2 rings (SSSR count). The average molecular weight is 264 g/mol. The summed E-state index contributed by atoms with van der Waals surface area (Å²) in [5.74, 6) is 2.71. The maximum atomic E-state index is 4.46.